The first-order chi connectivity index (χ1) is 29.9. The molecule has 8 atom stereocenters. The maximum atomic E-state index is 12.7. The largest absolute Gasteiger partial charge is 0.451 e. The van der Waals surface area contributed by atoms with Gasteiger partial charge in [0.25, 0.3) is 11.8 Å². The Morgan fingerprint density at radius 2 is 0.742 bits per heavy atom. The molecule has 0 bridgehead atoms. The Kier molecular flexibility index (Phi) is 16.8. The zero-order valence-electron chi connectivity index (χ0n) is 34.2. The Balaban J connectivity index is 0.000000235. The Bertz CT molecular complexity index is 2140. The van der Waals surface area contributed by atoms with Crippen LogP contribution in [0.4, 0.5) is 0 Å². The molecular weight excluding hydrogens is 808 g/mol. The summed E-state index contributed by atoms with van der Waals surface area (Å²) in [4.78, 5) is 87.3. The summed E-state index contributed by atoms with van der Waals surface area (Å²) in [6, 6.07) is 32.8. The van der Waals surface area contributed by atoms with E-state index in [1.807, 2.05) is 0 Å². The fourth-order valence-corrected chi connectivity index (χ4v) is 6.24. The van der Waals surface area contributed by atoms with Crippen molar-refractivity contribution < 1.29 is 71.5 Å². The third-order valence-corrected chi connectivity index (χ3v) is 9.09. The average molecular weight is 855 g/mol. The summed E-state index contributed by atoms with van der Waals surface area (Å²) in [5.74, 6) is -4.65. The first-order valence-electron chi connectivity index (χ1n) is 19.6. The number of carbonyl (C=O) groups is 7. The molecule has 2 aliphatic rings. The highest BCUT2D eigenvalue weighted by Gasteiger charge is 2.55. The van der Waals surface area contributed by atoms with Gasteiger partial charge >= 0.3 is 29.8 Å². The molecule has 62 heavy (non-hydrogen) atoms. The van der Waals surface area contributed by atoms with Crippen LogP contribution in [-0.2, 0) is 52.3 Å². The highest BCUT2D eigenvalue weighted by molar-refractivity contribution is 5.92. The van der Waals surface area contributed by atoms with E-state index in [2.05, 4.69) is 10.6 Å². The zero-order chi connectivity index (χ0) is 44.6. The second-order valence-electron chi connectivity index (χ2n) is 13.4. The normalized spacial score (nSPS) is 22.4. The summed E-state index contributed by atoms with van der Waals surface area (Å²) in [5, 5.41) is 5.20. The summed E-state index contributed by atoms with van der Waals surface area (Å²) in [7, 11) is 1.35. The van der Waals surface area contributed by atoms with Gasteiger partial charge in [0, 0.05) is 27.1 Å². The van der Waals surface area contributed by atoms with E-state index >= 15 is 0 Å². The zero-order valence-corrected chi connectivity index (χ0v) is 34.2. The van der Waals surface area contributed by atoms with Gasteiger partial charge < -0.3 is 48.5 Å². The van der Waals surface area contributed by atoms with Crippen molar-refractivity contribution in [3.8, 4) is 0 Å². The molecule has 4 aromatic rings. The number of hydrogen-bond donors (Lipinski definition) is 2. The van der Waals surface area contributed by atoms with Gasteiger partial charge in [0.15, 0.2) is 36.8 Å². The van der Waals surface area contributed by atoms with E-state index in [0.717, 1.165) is 6.92 Å². The quantitative estimate of drug-likeness (QED) is 0.136. The van der Waals surface area contributed by atoms with Crippen molar-refractivity contribution in [1.82, 2.24) is 10.6 Å². The lowest BCUT2D eigenvalue weighted by atomic mass is 10.1. The van der Waals surface area contributed by atoms with Gasteiger partial charge in [-0.15, -0.1) is 0 Å². The molecule has 2 aliphatic heterocycles. The van der Waals surface area contributed by atoms with Crippen molar-refractivity contribution in [3.05, 3.63) is 144 Å². The van der Waals surface area contributed by atoms with E-state index in [9.17, 15) is 33.6 Å². The van der Waals surface area contributed by atoms with E-state index in [-0.39, 0.29) is 17.7 Å². The Labute approximate surface area is 356 Å². The predicted octanol–water partition coefficient (Wildman–Crippen LogP) is 3.81. The van der Waals surface area contributed by atoms with Gasteiger partial charge in [-0.3, -0.25) is 14.4 Å². The summed E-state index contributed by atoms with van der Waals surface area (Å²) in [5.41, 5.74) is 1.05. The van der Waals surface area contributed by atoms with Gasteiger partial charge in [0.05, 0.1) is 22.3 Å². The molecule has 0 aliphatic carbocycles. The summed E-state index contributed by atoms with van der Waals surface area (Å²) in [6.07, 6.45) is -10.1. The number of rotatable bonds is 14. The molecule has 0 saturated carbocycles. The fraction of sp³-hybridized carbons (Fsp3) is 0.311. The number of hydrogen-bond acceptors (Lipinski definition) is 15. The average Bonchev–Trinajstić information content (AvgIpc) is 3.80. The topological polar surface area (TPSA) is 217 Å². The molecule has 4 aromatic carbocycles. The summed E-state index contributed by atoms with van der Waals surface area (Å²) < 4.78 is 43.8. The minimum absolute atomic E-state index is 0.226. The molecule has 2 heterocycles. The summed E-state index contributed by atoms with van der Waals surface area (Å²) >= 11 is 0. The van der Waals surface area contributed by atoms with Crippen LogP contribution in [0.3, 0.4) is 0 Å². The predicted molar refractivity (Wildman–Crippen MR) is 216 cm³/mol. The van der Waals surface area contributed by atoms with Gasteiger partial charge in [0.2, 0.25) is 12.4 Å². The molecule has 326 valence electrons. The lowest BCUT2D eigenvalue weighted by Crippen LogP contribution is -2.46. The molecule has 2 N–H and O–H groups in total. The number of methoxy groups -OCH3 is 1. The van der Waals surface area contributed by atoms with E-state index < -0.39 is 90.9 Å². The van der Waals surface area contributed by atoms with E-state index in [4.69, 9.17) is 37.9 Å². The number of ether oxygens (including phenoxy) is 8. The van der Waals surface area contributed by atoms with E-state index in [1.165, 1.54) is 31.4 Å². The van der Waals surface area contributed by atoms with Gasteiger partial charge in [-0.05, 0) is 62.4 Å². The van der Waals surface area contributed by atoms with E-state index in [0.29, 0.717) is 17.7 Å². The molecule has 6 rings (SSSR count). The maximum Gasteiger partial charge on any atom is 0.338 e. The maximum absolute atomic E-state index is 12.7. The van der Waals surface area contributed by atoms with Crippen molar-refractivity contribution in [1.29, 1.82) is 0 Å². The van der Waals surface area contributed by atoms with Gasteiger partial charge in [-0.1, -0.05) is 72.8 Å². The third-order valence-electron chi connectivity index (χ3n) is 9.09. The Morgan fingerprint density at radius 1 is 0.452 bits per heavy atom. The number of esters is 5. The Hall–Kier alpha value is -6.95. The monoisotopic (exact) mass is 854 g/mol. The summed E-state index contributed by atoms with van der Waals surface area (Å²) in [6.45, 7) is 5.23. The molecule has 2 fully saturated rings. The van der Waals surface area contributed by atoms with Crippen LogP contribution in [0.15, 0.2) is 121 Å². The molecule has 0 spiro atoms. The van der Waals surface area contributed by atoms with Crippen molar-refractivity contribution in [2.24, 2.45) is 0 Å². The molecule has 2 unspecified atom stereocenters. The van der Waals surface area contributed by atoms with Crippen molar-refractivity contribution in [3.63, 3.8) is 0 Å². The molecule has 2 amide bonds. The first-order valence-corrected chi connectivity index (χ1v) is 19.6. The lowest BCUT2D eigenvalue weighted by Gasteiger charge is -2.23. The van der Waals surface area contributed by atoms with Crippen LogP contribution in [-0.4, -0.2) is 111 Å². The highest BCUT2D eigenvalue weighted by Crippen LogP contribution is 2.31. The van der Waals surface area contributed by atoms with Gasteiger partial charge in [-0.2, -0.15) is 0 Å². The third kappa shape index (κ3) is 12.1. The molecule has 0 radical (unpaired) electrons. The minimum atomic E-state index is -1.44. The number of benzene rings is 4. The number of likely N-dealkylation sites (N-methyl/N-ethyl adjacent to an activating group) is 2. The van der Waals surface area contributed by atoms with E-state index in [1.54, 1.807) is 111 Å². The van der Waals surface area contributed by atoms with Gasteiger partial charge in [-0.25, -0.2) is 19.2 Å². The minimum Gasteiger partial charge on any atom is -0.451 e. The van der Waals surface area contributed by atoms with Gasteiger partial charge in [0.1, 0.15) is 0 Å². The standard InChI is InChI=1S/C23H23NO8.C22H23NO7/c1-3-24-20(26)18-17(30-21(27)15-10-6-4-7-11-15)19(23(32-18)29-14(2)25)31-22(28)16-12-8-5-9-13-16;1-3-23-19(24)17-16(28-20(25)14-10-6-4-7-11-14)18(22(27-2)30-17)29-21(26)15-12-8-5-9-13-15/h4-13,17-19,23H,3H2,1-2H3,(H,24,26);4-13,16-18,22H,3H2,1-2H3,(H,23,24)/t17-,18+,19-,23?;16-,17+,18-,22?/m11/s1. The van der Waals surface area contributed by atoms with Crippen LogP contribution in [0.1, 0.15) is 62.2 Å². The number of carbonyl (C=O) groups excluding carboxylic acids is 7. The molecular formula is C45H46N2O15. The van der Waals surface area contributed by atoms with Crippen molar-refractivity contribution in [2.75, 3.05) is 20.2 Å². The van der Waals surface area contributed by atoms with Crippen LogP contribution in [0, 0.1) is 0 Å². The molecule has 0 aromatic heterocycles. The molecule has 17 heteroatoms. The number of amides is 2. The van der Waals surface area contributed by atoms with Crippen LogP contribution < -0.4 is 10.6 Å². The van der Waals surface area contributed by atoms with Crippen LogP contribution in [0.25, 0.3) is 0 Å². The van der Waals surface area contributed by atoms with Crippen LogP contribution in [0.2, 0.25) is 0 Å². The second kappa shape index (κ2) is 22.6. The fourth-order valence-electron chi connectivity index (χ4n) is 6.24. The number of nitrogens with one attached hydrogen (secondary N) is 2. The van der Waals surface area contributed by atoms with Crippen LogP contribution >= 0.6 is 0 Å². The van der Waals surface area contributed by atoms with Crippen molar-refractivity contribution >= 4 is 41.7 Å². The van der Waals surface area contributed by atoms with Crippen LogP contribution in [0.5, 0.6) is 0 Å². The molecule has 2 saturated heterocycles. The highest BCUT2D eigenvalue weighted by atomic mass is 16.8. The molecule has 17 nitrogen and oxygen atoms in total. The first kappa shape index (κ1) is 46.1. The lowest BCUT2D eigenvalue weighted by molar-refractivity contribution is -0.187. The Morgan fingerprint density at radius 3 is 1.03 bits per heavy atom. The second-order valence-corrected chi connectivity index (χ2v) is 13.4. The SMILES string of the molecule is CCNC(=O)[C@H]1OC(OC(C)=O)[C@H](OC(=O)c2ccccc2)[C@@H]1OC(=O)c1ccccc1.CCNC(=O)[C@H]1OC(OC)[C@H](OC(=O)c2ccccc2)[C@@H]1OC(=O)c1ccccc1. The smallest absolute Gasteiger partial charge is 0.338 e. The van der Waals surface area contributed by atoms with Crippen molar-refractivity contribution in [2.45, 2.75) is 70.0 Å².